The van der Waals surface area contributed by atoms with E-state index in [9.17, 15) is 18.3 Å². The molecule has 1 aliphatic heterocycles. The Labute approximate surface area is 123 Å². The monoisotopic (exact) mass is 317 g/mol. The van der Waals surface area contributed by atoms with Crippen LogP contribution in [0.5, 0.6) is 0 Å². The maximum absolute atomic E-state index is 12.4. The van der Waals surface area contributed by atoms with E-state index in [2.05, 4.69) is 5.10 Å². The zero-order chi connectivity index (χ0) is 15.6. The molecule has 21 heavy (non-hydrogen) atoms. The first-order valence-electron chi connectivity index (χ1n) is 6.73. The summed E-state index contributed by atoms with van der Waals surface area (Å²) >= 11 is 0. The van der Waals surface area contributed by atoms with E-state index < -0.39 is 22.1 Å². The van der Waals surface area contributed by atoms with Gasteiger partial charge in [0.1, 0.15) is 4.90 Å². The van der Waals surface area contributed by atoms with E-state index >= 15 is 0 Å². The Morgan fingerprint density at radius 3 is 2.86 bits per heavy atom. The average Bonchev–Trinajstić information content (AvgIpc) is 2.89. The summed E-state index contributed by atoms with van der Waals surface area (Å²) in [6.45, 7) is 2.44. The highest BCUT2D eigenvalue weighted by atomic mass is 32.2. The number of nitrogens with zero attached hydrogens (tertiary/aromatic N) is 3. The van der Waals surface area contributed by atoms with E-state index in [4.69, 9.17) is 5.11 Å². The lowest BCUT2D eigenvalue weighted by atomic mass is 9.98. The zero-order valence-corrected chi connectivity index (χ0v) is 12.5. The number of piperidine rings is 1. The minimum absolute atomic E-state index is 0.0228. The molecule has 1 saturated heterocycles. The van der Waals surface area contributed by atoms with Crippen LogP contribution in [0.1, 0.15) is 19.8 Å². The number of hydrogen-bond acceptors (Lipinski definition) is 5. The van der Waals surface area contributed by atoms with E-state index in [1.54, 1.807) is 0 Å². The number of β-amino-alcohol motifs (C(OH)–C–C–N with tert-alkyl or cyclic N) is 1. The van der Waals surface area contributed by atoms with Crippen LogP contribution in [-0.2, 0) is 21.4 Å². The van der Waals surface area contributed by atoms with Crippen LogP contribution in [0.15, 0.2) is 17.3 Å². The van der Waals surface area contributed by atoms with Crippen LogP contribution < -0.4 is 0 Å². The zero-order valence-electron chi connectivity index (χ0n) is 11.7. The Bertz CT molecular complexity index is 612. The molecule has 0 aliphatic carbocycles. The van der Waals surface area contributed by atoms with Crippen molar-refractivity contribution in [3.05, 3.63) is 12.4 Å². The highest BCUT2D eigenvalue weighted by Gasteiger charge is 2.33. The number of aryl methyl sites for hydroxylation is 1. The molecule has 8 nitrogen and oxygen atoms in total. The van der Waals surface area contributed by atoms with Gasteiger partial charge in [0, 0.05) is 19.3 Å². The first-order valence-corrected chi connectivity index (χ1v) is 8.17. The third-order valence-corrected chi connectivity index (χ3v) is 5.50. The predicted molar refractivity (Wildman–Crippen MR) is 73.0 cm³/mol. The van der Waals surface area contributed by atoms with Crippen molar-refractivity contribution in [2.75, 3.05) is 13.1 Å². The maximum atomic E-state index is 12.4. The minimum Gasteiger partial charge on any atom is -0.481 e. The number of aliphatic hydroxyl groups excluding tert-OH is 1. The lowest BCUT2D eigenvalue weighted by Crippen LogP contribution is -2.45. The van der Waals surface area contributed by atoms with Gasteiger partial charge in [-0.2, -0.15) is 9.40 Å². The molecule has 1 aromatic heterocycles. The van der Waals surface area contributed by atoms with Gasteiger partial charge in [0.05, 0.1) is 25.3 Å². The van der Waals surface area contributed by atoms with E-state index in [0.717, 1.165) is 0 Å². The van der Waals surface area contributed by atoms with E-state index in [-0.39, 0.29) is 30.3 Å². The third kappa shape index (κ3) is 3.60. The Morgan fingerprint density at radius 2 is 2.24 bits per heavy atom. The fourth-order valence-corrected chi connectivity index (χ4v) is 3.63. The summed E-state index contributed by atoms with van der Waals surface area (Å²) in [6.07, 6.45) is 2.34. The number of sulfonamides is 1. The molecule has 9 heteroatoms. The lowest BCUT2D eigenvalue weighted by molar-refractivity contribution is -0.137. The first kappa shape index (κ1) is 15.9. The van der Waals surface area contributed by atoms with Crippen molar-refractivity contribution in [1.29, 1.82) is 0 Å². The van der Waals surface area contributed by atoms with Crippen molar-refractivity contribution in [3.8, 4) is 0 Å². The van der Waals surface area contributed by atoms with Crippen LogP contribution >= 0.6 is 0 Å². The van der Waals surface area contributed by atoms with Gasteiger partial charge in [0.25, 0.3) is 0 Å². The van der Waals surface area contributed by atoms with E-state index in [1.165, 1.54) is 21.4 Å². The molecule has 1 fully saturated rings. The van der Waals surface area contributed by atoms with Gasteiger partial charge in [-0.1, -0.05) is 6.92 Å². The lowest BCUT2D eigenvalue weighted by Gasteiger charge is -2.33. The smallest absolute Gasteiger partial charge is 0.305 e. The average molecular weight is 317 g/mol. The summed E-state index contributed by atoms with van der Waals surface area (Å²) in [5.41, 5.74) is 0. The van der Waals surface area contributed by atoms with Crippen LogP contribution in [0.4, 0.5) is 0 Å². The molecule has 1 aromatic rings. The molecular weight excluding hydrogens is 298 g/mol. The van der Waals surface area contributed by atoms with Gasteiger partial charge < -0.3 is 10.2 Å². The minimum atomic E-state index is -3.69. The topological polar surface area (TPSA) is 113 Å². The quantitative estimate of drug-likeness (QED) is 0.774. The fourth-order valence-electron chi connectivity index (χ4n) is 2.20. The van der Waals surface area contributed by atoms with Crippen molar-refractivity contribution >= 4 is 16.0 Å². The molecule has 2 rings (SSSR count). The summed E-state index contributed by atoms with van der Waals surface area (Å²) in [5.74, 6) is -0.891. The van der Waals surface area contributed by atoms with Gasteiger partial charge in [0.2, 0.25) is 10.0 Å². The molecule has 118 valence electrons. The number of hydrogen-bond donors (Lipinski definition) is 2. The van der Waals surface area contributed by atoms with Crippen molar-refractivity contribution in [2.24, 2.45) is 5.92 Å². The molecule has 1 aliphatic rings. The maximum Gasteiger partial charge on any atom is 0.305 e. The highest BCUT2D eigenvalue weighted by molar-refractivity contribution is 7.89. The highest BCUT2D eigenvalue weighted by Crippen LogP contribution is 2.23. The second-order valence-electron chi connectivity index (χ2n) is 5.28. The van der Waals surface area contributed by atoms with Crippen LogP contribution in [0.3, 0.4) is 0 Å². The van der Waals surface area contributed by atoms with Crippen LogP contribution in [-0.4, -0.2) is 57.9 Å². The molecular formula is C12H19N3O5S. The standard InChI is InChI=1S/C12H19N3O5S/c1-9-2-5-15(8-11(9)16)21(19,20)10-6-13-14(7-10)4-3-12(17)18/h6-7,9,11,16H,2-5,8H2,1H3,(H,17,18). The number of carbonyl (C=O) groups is 1. The third-order valence-electron chi connectivity index (χ3n) is 3.68. The van der Waals surface area contributed by atoms with Gasteiger partial charge in [-0.05, 0) is 12.3 Å². The molecule has 0 radical (unpaired) electrons. The summed E-state index contributed by atoms with van der Waals surface area (Å²) in [6, 6.07) is 0. The second-order valence-corrected chi connectivity index (χ2v) is 7.22. The molecule has 0 spiro atoms. The Hall–Kier alpha value is -1.45. The number of aromatic nitrogens is 2. The normalized spacial score (nSPS) is 24.1. The van der Waals surface area contributed by atoms with Gasteiger partial charge in [0.15, 0.2) is 0 Å². The second kappa shape index (κ2) is 6.12. The Kier molecular flexibility index (Phi) is 4.64. The molecule has 0 aromatic carbocycles. The summed E-state index contributed by atoms with van der Waals surface area (Å²) in [4.78, 5) is 10.5. The number of rotatable bonds is 5. The number of carboxylic acid groups (broad SMARTS) is 1. The van der Waals surface area contributed by atoms with Gasteiger partial charge in [-0.25, -0.2) is 8.42 Å². The number of aliphatic carboxylic acids is 1. The number of carboxylic acids is 1. The molecule has 0 amide bonds. The van der Waals surface area contributed by atoms with Crippen molar-refractivity contribution < 1.29 is 23.4 Å². The Balaban J connectivity index is 2.11. The van der Waals surface area contributed by atoms with E-state index in [1.807, 2.05) is 6.92 Å². The predicted octanol–water partition coefficient (Wildman–Crippen LogP) is -0.251. The van der Waals surface area contributed by atoms with Gasteiger partial charge >= 0.3 is 5.97 Å². The summed E-state index contributed by atoms with van der Waals surface area (Å²) in [7, 11) is -3.69. The first-order chi connectivity index (χ1) is 9.80. The fraction of sp³-hybridized carbons (Fsp3) is 0.667. The van der Waals surface area contributed by atoms with Crippen molar-refractivity contribution in [2.45, 2.75) is 37.3 Å². The molecule has 2 atom stereocenters. The molecule has 2 N–H and O–H groups in total. The largest absolute Gasteiger partial charge is 0.481 e. The molecule has 2 unspecified atom stereocenters. The summed E-state index contributed by atoms with van der Waals surface area (Å²) < 4.78 is 27.4. The molecule has 2 heterocycles. The van der Waals surface area contributed by atoms with Gasteiger partial charge in [-0.15, -0.1) is 0 Å². The molecule has 0 bridgehead atoms. The molecule has 0 saturated carbocycles. The van der Waals surface area contributed by atoms with E-state index in [0.29, 0.717) is 13.0 Å². The Morgan fingerprint density at radius 1 is 1.52 bits per heavy atom. The van der Waals surface area contributed by atoms with Crippen LogP contribution in [0, 0.1) is 5.92 Å². The van der Waals surface area contributed by atoms with Crippen molar-refractivity contribution in [3.63, 3.8) is 0 Å². The van der Waals surface area contributed by atoms with Gasteiger partial charge in [-0.3, -0.25) is 9.48 Å². The number of aliphatic hydroxyl groups is 1. The summed E-state index contributed by atoms with van der Waals surface area (Å²) in [5, 5.41) is 22.3. The van der Waals surface area contributed by atoms with Crippen LogP contribution in [0.25, 0.3) is 0 Å². The SMILES string of the molecule is CC1CCN(S(=O)(=O)c2cnn(CCC(=O)O)c2)CC1O. The van der Waals surface area contributed by atoms with Crippen molar-refractivity contribution in [1.82, 2.24) is 14.1 Å². The van der Waals surface area contributed by atoms with Crippen LogP contribution in [0.2, 0.25) is 0 Å².